The third kappa shape index (κ3) is 1.52. The molecule has 0 aliphatic carbocycles. The molecule has 1 heterocycles. The number of hydrogen-bond donors (Lipinski definition) is 0. The zero-order chi connectivity index (χ0) is 11.0. The summed E-state index contributed by atoms with van der Waals surface area (Å²) in [4.78, 5) is 21.6. The third-order valence-electron chi connectivity index (χ3n) is 2.04. The van der Waals surface area contributed by atoms with E-state index in [9.17, 15) is 14.9 Å². The van der Waals surface area contributed by atoms with Crippen molar-refractivity contribution in [2.75, 3.05) is 0 Å². The zero-order valence-electron chi connectivity index (χ0n) is 7.67. The Kier molecular flexibility index (Phi) is 2.28. The molecule has 0 amide bonds. The van der Waals surface area contributed by atoms with Crippen molar-refractivity contribution in [1.82, 2.24) is 3.96 Å². The minimum Gasteiger partial charge on any atom is -0.268 e. The third-order valence-corrected chi connectivity index (χ3v) is 3.15. The highest BCUT2D eigenvalue weighted by atomic mass is 32.1. The van der Waals surface area contributed by atoms with Crippen molar-refractivity contribution < 1.29 is 4.92 Å². The Morgan fingerprint density at radius 1 is 1.53 bits per heavy atom. The lowest BCUT2D eigenvalue weighted by Gasteiger charge is -1.88. The van der Waals surface area contributed by atoms with E-state index in [-0.39, 0.29) is 11.2 Å². The van der Waals surface area contributed by atoms with Crippen LogP contribution in [0.1, 0.15) is 0 Å². The summed E-state index contributed by atoms with van der Waals surface area (Å²) in [6.07, 6.45) is 0. The second kappa shape index (κ2) is 3.47. The summed E-state index contributed by atoms with van der Waals surface area (Å²) < 4.78 is 2.09. The van der Waals surface area contributed by atoms with Gasteiger partial charge in [0.05, 0.1) is 15.0 Å². The maximum absolute atomic E-state index is 11.6. The first-order valence-electron chi connectivity index (χ1n) is 4.21. The van der Waals surface area contributed by atoms with E-state index in [1.807, 2.05) is 0 Å². The number of nitro groups is 1. The molecule has 15 heavy (non-hydrogen) atoms. The van der Waals surface area contributed by atoms with Crippen LogP contribution in [0.15, 0.2) is 23.0 Å². The highest BCUT2D eigenvalue weighted by molar-refractivity contribution is 7.13. The first-order valence-corrected chi connectivity index (χ1v) is 4.98. The molecule has 0 aliphatic heterocycles. The molecule has 0 saturated carbocycles. The molecule has 0 aliphatic rings. The first kappa shape index (κ1) is 9.85. The van der Waals surface area contributed by atoms with Crippen LogP contribution in [0, 0.1) is 17.0 Å². The average molecular weight is 223 g/mol. The van der Waals surface area contributed by atoms with E-state index in [4.69, 9.17) is 0 Å². The largest absolute Gasteiger partial charge is 0.270 e. The van der Waals surface area contributed by atoms with Crippen molar-refractivity contribution in [2.24, 2.45) is 0 Å². The summed E-state index contributed by atoms with van der Waals surface area (Å²) in [5.74, 6) is 0. The maximum Gasteiger partial charge on any atom is 0.270 e. The lowest BCUT2D eigenvalue weighted by atomic mass is 10.2. The number of non-ortho nitro benzene ring substituents is 1. The van der Waals surface area contributed by atoms with Gasteiger partial charge in [-0.2, -0.15) is 0 Å². The fraction of sp³-hybridized carbons (Fsp3) is 0.111. The van der Waals surface area contributed by atoms with Gasteiger partial charge < -0.3 is 0 Å². The van der Waals surface area contributed by atoms with Crippen LogP contribution in [0.3, 0.4) is 0 Å². The topological polar surface area (TPSA) is 65.1 Å². The zero-order valence-corrected chi connectivity index (χ0v) is 8.49. The molecule has 0 fully saturated rings. The van der Waals surface area contributed by atoms with E-state index in [2.05, 4.69) is 6.92 Å². The normalized spacial score (nSPS) is 10.7. The maximum atomic E-state index is 11.6. The van der Waals surface area contributed by atoms with E-state index >= 15 is 0 Å². The minimum atomic E-state index is -0.474. The summed E-state index contributed by atoms with van der Waals surface area (Å²) >= 11 is 1.19. The Balaban J connectivity index is 2.73. The van der Waals surface area contributed by atoms with Crippen LogP contribution in [0.2, 0.25) is 0 Å². The van der Waals surface area contributed by atoms with Gasteiger partial charge in [0, 0.05) is 18.7 Å². The Labute approximate surface area is 88.9 Å². The molecule has 0 bridgehead atoms. The van der Waals surface area contributed by atoms with Gasteiger partial charge in [-0.15, -0.1) is 0 Å². The van der Waals surface area contributed by atoms with Crippen molar-refractivity contribution >= 4 is 27.3 Å². The molecule has 2 rings (SSSR count). The number of nitrogens with zero attached hydrogens (tertiary/aromatic N) is 2. The van der Waals surface area contributed by atoms with Crippen LogP contribution in [0.25, 0.3) is 10.1 Å². The number of nitro benzene ring substituents is 1. The number of aromatic nitrogens is 1. The molecule has 6 heteroatoms. The van der Waals surface area contributed by atoms with Crippen LogP contribution < -0.4 is 5.56 Å². The standard InChI is InChI=1S/C9H7N2O3S/c1-2-10-9(12)7-4-3-6(11(13)14)5-8(7)15-10/h3-5H,1-2H2. The second-order valence-electron chi connectivity index (χ2n) is 2.94. The fourth-order valence-corrected chi connectivity index (χ4v) is 2.26. The Morgan fingerprint density at radius 2 is 2.27 bits per heavy atom. The van der Waals surface area contributed by atoms with Gasteiger partial charge >= 0.3 is 0 Å². The molecule has 1 aromatic heterocycles. The summed E-state index contributed by atoms with van der Waals surface area (Å²) in [6, 6.07) is 4.23. The quantitative estimate of drug-likeness (QED) is 0.576. The molecule has 0 spiro atoms. The molecule has 0 unspecified atom stereocenters. The molecular formula is C9H7N2O3S. The summed E-state index contributed by atoms with van der Waals surface area (Å²) in [5, 5.41) is 11.0. The van der Waals surface area contributed by atoms with E-state index in [0.29, 0.717) is 16.6 Å². The number of fused-ring (bicyclic) bond motifs is 1. The van der Waals surface area contributed by atoms with Gasteiger partial charge in [-0.05, 0) is 13.0 Å². The molecule has 1 radical (unpaired) electrons. The minimum absolute atomic E-state index is 0.0000350. The van der Waals surface area contributed by atoms with E-state index < -0.39 is 4.92 Å². The number of rotatable bonds is 2. The number of hydrogen-bond acceptors (Lipinski definition) is 4. The SMILES string of the molecule is [CH2]Cn1sc2cc([N+](=O)[O-])ccc2c1=O. The molecule has 0 N–H and O–H groups in total. The van der Waals surface area contributed by atoms with Gasteiger partial charge in [-0.25, -0.2) is 0 Å². The highest BCUT2D eigenvalue weighted by Gasteiger charge is 2.11. The lowest BCUT2D eigenvalue weighted by molar-refractivity contribution is -0.384. The van der Waals surface area contributed by atoms with Crippen molar-refractivity contribution in [2.45, 2.75) is 6.54 Å². The predicted molar refractivity (Wildman–Crippen MR) is 58.1 cm³/mol. The van der Waals surface area contributed by atoms with E-state index in [1.165, 1.54) is 33.7 Å². The van der Waals surface area contributed by atoms with Crippen molar-refractivity contribution in [1.29, 1.82) is 0 Å². The molecule has 2 aromatic rings. The van der Waals surface area contributed by atoms with E-state index in [1.54, 1.807) is 0 Å². The smallest absolute Gasteiger partial charge is 0.268 e. The lowest BCUT2D eigenvalue weighted by Crippen LogP contribution is -2.10. The van der Waals surface area contributed by atoms with Crippen molar-refractivity contribution in [3.63, 3.8) is 0 Å². The van der Waals surface area contributed by atoms with Crippen LogP contribution in [-0.2, 0) is 6.54 Å². The molecule has 0 atom stereocenters. The fourth-order valence-electron chi connectivity index (χ4n) is 1.32. The second-order valence-corrected chi connectivity index (χ2v) is 4.00. The van der Waals surface area contributed by atoms with Crippen molar-refractivity contribution in [3.05, 3.63) is 45.6 Å². The molecule has 77 valence electrons. The average Bonchev–Trinajstić information content (AvgIpc) is 2.55. The highest BCUT2D eigenvalue weighted by Crippen LogP contribution is 2.22. The monoisotopic (exact) mass is 223 g/mol. The summed E-state index contributed by atoms with van der Waals surface area (Å²) in [6.45, 7) is 3.95. The Hall–Kier alpha value is -1.69. The molecular weight excluding hydrogens is 216 g/mol. The van der Waals surface area contributed by atoms with E-state index in [0.717, 1.165) is 0 Å². The molecule has 0 saturated heterocycles. The van der Waals surface area contributed by atoms with Crippen LogP contribution in [0.5, 0.6) is 0 Å². The van der Waals surface area contributed by atoms with Gasteiger partial charge in [-0.1, -0.05) is 11.5 Å². The summed E-state index contributed by atoms with van der Waals surface area (Å²) in [5.41, 5.74) is -0.139. The Bertz CT molecular complexity index is 585. The number of benzene rings is 1. The van der Waals surface area contributed by atoms with Crippen molar-refractivity contribution in [3.8, 4) is 0 Å². The van der Waals surface area contributed by atoms with Gasteiger partial charge in [0.15, 0.2) is 0 Å². The summed E-state index contributed by atoms with van der Waals surface area (Å²) in [7, 11) is 0. The van der Waals surface area contributed by atoms with Gasteiger partial charge in [0.2, 0.25) is 0 Å². The predicted octanol–water partition coefficient (Wildman–Crippen LogP) is 1.81. The molecule has 1 aromatic carbocycles. The van der Waals surface area contributed by atoms with Crippen LogP contribution >= 0.6 is 11.5 Å². The van der Waals surface area contributed by atoms with Gasteiger partial charge in [-0.3, -0.25) is 18.9 Å². The van der Waals surface area contributed by atoms with Gasteiger partial charge in [0.25, 0.3) is 11.2 Å². The molecule has 5 nitrogen and oxygen atoms in total. The first-order chi connectivity index (χ1) is 7.13. The van der Waals surface area contributed by atoms with Crippen LogP contribution in [-0.4, -0.2) is 8.88 Å². The van der Waals surface area contributed by atoms with Crippen LogP contribution in [0.4, 0.5) is 5.69 Å². The van der Waals surface area contributed by atoms with Gasteiger partial charge in [0.1, 0.15) is 0 Å². The Morgan fingerprint density at radius 3 is 2.87 bits per heavy atom.